The van der Waals surface area contributed by atoms with E-state index < -0.39 is 0 Å². The molecule has 0 aromatic rings. The van der Waals surface area contributed by atoms with Crippen LogP contribution in [0.15, 0.2) is 12.2 Å². The summed E-state index contributed by atoms with van der Waals surface area (Å²) in [6.45, 7) is 10.8. The number of nitrogens with one attached hydrogen (secondary N) is 1. The van der Waals surface area contributed by atoms with E-state index in [0.29, 0.717) is 5.57 Å². The summed E-state index contributed by atoms with van der Waals surface area (Å²) in [5.74, 6) is 0.859. The molecular weight excluding hydrogens is 258 g/mol. The molecule has 0 aromatic heterocycles. The molecule has 0 saturated carbocycles. The van der Waals surface area contributed by atoms with Crippen LogP contribution in [0.1, 0.15) is 91.4 Å². The second-order valence-electron chi connectivity index (χ2n) is 6.75. The molecule has 0 radical (unpaired) electrons. The van der Waals surface area contributed by atoms with Crippen molar-refractivity contribution in [3.63, 3.8) is 0 Å². The summed E-state index contributed by atoms with van der Waals surface area (Å²) < 4.78 is 0. The average molecular weight is 296 g/mol. The fourth-order valence-corrected chi connectivity index (χ4v) is 2.44. The maximum absolute atomic E-state index is 11.3. The summed E-state index contributed by atoms with van der Waals surface area (Å²) in [6, 6.07) is 0. The zero-order valence-electron chi connectivity index (χ0n) is 14.7. The van der Waals surface area contributed by atoms with Gasteiger partial charge in [0.25, 0.3) is 0 Å². The Kier molecular flexibility index (Phi) is 13.6. The topological polar surface area (TPSA) is 29.1 Å². The van der Waals surface area contributed by atoms with E-state index in [1.54, 1.807) is 6.92 Å². The molecule has 0 aromatic carbocycles. The Bertz CT molecular complexity index is 271. The molecule has 0 heterocycles. The van der Waals surface area contributed by atoms with Gasteiger partial charge >= 0.3 is 0 Å². The van der Waals surface area contributed by atoms with E-state index in [4.69, 9.17) is 0 Å². The predicted octanol–water partition coefficient (Wildman–Crippen LogP) is 5.63. The van der Waals surface area contributed by atoms with Gasteiger partial charge in [-0.2, -0.15) is 0 Å². The summed E-state index contributed by atoms with van der Waals surface area (Å²) in [5.41, 5.74) is 0.600. The lowest BCUT2D eigenvalue weighted by molar-refractivity contribution is -0.117. The number of hydrogen-bond donors (Lipinski definition) is 1. The Morgan fingerprint density at radius 2 is 1.29 bits per heavy atom. The zero-order chi connectivity index (χ0) is 15.9. The first kappa shape index (κ1) is 20.2. The lowest BCUT2D eigenvalue weighted by atomic mass is 10.0. The highest BCUT2D eigenvalue weighted by Gasteiger charge is 1.99. The molecular formula is C19H37NO. The van der Waals surface area contributed by atoms with Crippen molar-refractivity contribution in [2.75, 3.05) is 6.54 Å². The Morgan fingerprint density at radius 1 is 0.857 bits per heavy atom. The third-order valence-electron chi connectivity index (χ3n) is 3.88. The minimum absolute atomic E-state index is 0.00698. The fourth-order valence-electron chi connectivity index (χ4n) is 2.44. The van der Waals surface area contributed by atoms with Crippen molar-refractivity contribution in [1.29, 1.82) is 0 Å². The van der Waals surface area contributed by atoms with Gasteiger partial charge in [0.05, 0.1) is 0 Å². The van der Waals surface area contributed by atoms with Gasteiger partial charge in [0.1, 0.15) is 0 Å². The molecule has 0 saturated heterocycles. The number of hydrogen-bond acceptors (Lipinski definition) is 1. The normalized spacial score (nSPS) is 10.9. The second kappa shape index (κ2) is 14.2. The van der Waals surface area contributed by atoms with Crippen molar-refractivity contribution < 1.29 is 4.79 Å². The lowest BCUT2D eigenvalue weighted by Gasteiger charge is -2.05. The van der Waals surface area contributed by atoms with Crippen molar-refractivity contribution in [1.82, 2.24) is 5.32 Å². The number of rotatable bonds is 14. The number of carbonyl (C=O) groups is 1. The third-order valence-corrected chi connectivity index (χ3v) is 3.88. The molecule has 0 fully saturated rings. The number of unbranched alkanes of at least 4 members (excludes halogenated alkanes) is 9. The fraction of sp³-hybridized carbons (Fsp3) is 0.842. The summed E-state index contributed by atoms with van der Waals surface area (Å²) in [7, 11) is 0. The first-order valence-corrected chi connectivity index (χ1v) is 8.97. The standard InChI is InChI=1S/C19H37NO/c1-17(2)15-13-11-9-7-5-6-8-10-12-14-16-20-19(21)18(3)4/h17H,3,5-16H2,1-2,4H3,(H,20,21). The molecule has 0 aliphatic rings. The van der Waals surface area contributed by atoms with Gasteiger partial charge in [0, 0.05) is 12.1 Å². The smallest absolute Gasteiger partial charge is 0.246 e. The van der Waals surface area contributed by atoms with E-state index in [0.717, 1.165) is 18.9 Å². The van der Waals surface area contributed by atoms with Crippen LogP contribution in [0.25, 0.3) is 0 Å². The predicted molar refractivity (Wildman–Crippen MR) is 93.4 cm³/mol. The molecule has 0 unspecified atom stereocenters. The van der Waals surface area contributed by atoms with Gasteiger partial charge in [-0.1, -0.05) is 84.6 Å². The molecule has 1 N–H and O–H groups in total. The van der Waals surface area contributed by atoms with E-state index in [1.807, 2.05) is 0 Å². The van der Waals surface area contributed by atoms with E-state index in [-0.39, 0.29) is 5.91 Å². The van der Waals surface area contributed by atoms with Crippen molar-refractivity contribution in [3.05, 3.63) is 12.2 Å². The van der Waals surface area contributed by atoms with E-state index >= 15 is 0 Å². The van der Waals surface area contributed by atoms with Gasteiger partial charge < -0.3 is 5.32 Å². The van der Waals surface area contributed by atoms with Crippen molar-refractivity contribution >= 4 is 5.91 Å². The summed E-state index contributed by atoms with van der Waals surface area (Å²) in [5, 5.41) is 2.88. The number of amides is 1. The van der Waals surface area contributed by atoms with Crippen molar-refractivity contribution in [2.45, 2.75) is 91.4 Å². The molecule has 21 heavy (non-hydrogen) atoms. The van der Waals surface area contributed by atoms with Gasteiger partial charge in [-0.15, -0.1) is 0 Å². The van der Waals surface area contributed by atoms with Crippen molar-refractivity contribution in [3.8, 4) is 0 Å². The average Bonchev–Trinajstić information content (AvgIpc) is 2.43. The monoisotopic (exact) mass is 295 g/mol. The third kappa shape index (κ3) is 15.4. The van der Waals surface area contributed by atoms with Crippen LogP contribution in [0.3, 0.4) is 0 Å². The second-order valence-corrected chi connectivity index (χ2v) is 6.75. The first-order chi connectivity index (χ1) is 10.0. The minimum Gasteiger partial charge on any atom is -0.352 e. The number of carbonyl (C=O) groups excluding carboxylic acids is 1. The van der Waals surface area contributed by atoms with Crippen LogP contribution < -0.4 is 5.32 Å². The van der Waals surface area contributed by atoms with Crippen molar-refractivity contribution in [2.24, 2.45) is 5.92 Å². The molecule has 0 aliphatic heterocycles. The molecule has 0 atom stereocenters. The molecule has 0 spiro atoms. The highest BCUT2D eigenvalue weighted by atomic mass is 16.1. The van der Waals surface area contributed by atoms with Crippen LogP contribution in [0.4, 0.5) is 0 Å². The Morgan fingerprint density at radius 3 is 1.71 bits per heavy atom. The lowest BCUT2D eigenvalue weighted by Crippen LogP contribution is -2.24. The largest absolute Gasteiger partial charge is 0.352 e. The van der Waals surface area contributed by atoms with Crippen LogP contribution in [-0.2, 0) is 4.79 Å². The van der Waals surface area contributed by atoms with E-state index in [1.165, 1.54) is 64.2 Å². The van der Waals surface area contributed by atoms with Gasteiger partial charge in [-0.25, -0.2) is 0 Å². The molecule has 2 nitrogen and oxygen atoms in total. The van der Waals surface area contributed by atoms with Crippen LogP contribution in [0.5, 0.6) is 0 Å². The van der Waals surface area contributed by atoms with Crippen LogP contribution in [-0.4, -0.2) is 12.5 Å². The summed E-state index contributed by atoms with van der Waals surface area (Å²) >= 11 is 0. The van der Waals surface area contributed by atoms with Gasteiger partial charge in [0.2, 0.25) is 5.91 Å². The van der Waals surface area contributed by atoms with E-state index in [2.05, 4.69) is 25.7 Å². The molecule has 0 rings (SSSR count). The molecule has 0 bridgehead atoms. The Balaban J connectivity index is 3.09. The van der Waals surface area contributed by atoms with Gasteiger partial charge in [0.15, 0.2) is 0 Å². The quantitative estimate of drug-likeness (QED) is 0.327. The maximum atomic E-state index is 11.3. The Labute approximate surface area is 132 Å². The van der Waals surface area contributed by atoms with E-state index in [9.17, 15) is 4.79 Å². The van der Waals surface area contributed by atoms with Crippen LogP contribution in [0.2, 0.25) is 0 Å². The highest BCUT2D eigenvalue weighted by Crippen LogP contribution is 2.13. The van der Waals surface area contributed by atoms with Gasteiger partial charge in [-0.3, -0.25) is 4.79 Å². The Hall–Kier alpha value is -0.790. The molecule has 1 amide bonds. The summed E-state index contributed by atoms with van der Waals surface area (Å²) in [4.78, 5) is 11.3. The first-order valence-electron chi connectivity index (χ1n) is 8.97. The minimum atomic E-state index is -0.00698. The SMILES string of the molecule is C=C(C)C(=O)NCCCCCCCCCCCCC(C)C. The maximum Gasteiger partial charge on any atom is 0.246 e. The molecule has 0 aliphatic carbocycles. The highest BCUT2D eigenvalue weighted by molar-refractivity contribution is 5.91. The van der Waals surface area contributed by atoms with Crippen LogP contribution in [0, 0.1) is 5.92 Å². The van der Waals surface area contributed by atoms with Gasteiger partial charge in [-0.05, 0) is 19.3 Å². The molecule has 2 heteroatoms. The summed E-state index contributed by atoms with van der Waals surface area (Å²) in [6.07, 6.45) is 14.8. The van der Waals surface area contributed by atoms with Crippen LogP contribution >= 0.6 is 0 Å². The molecule has 124 valence electrons. The zero-order valence-corrected chi connectivity index (χ0v) is 14.7.